The van der Waals surface area contributed by atoms with Crippen LogP contribution in [0.15, 0.2) is 23.0 Å². The second-order valence-corrected chi connectivity index (χ2v) is 3.71. The lowest BCUT2D eigenvalue weighted by Crippen LogP contribution is -2.06. The Balaban J connectivity index is 2.24. The Kier molecular flexibility index (Phi) is 3.05. The van der Waals surface area contributed by atoms with Crippen molar-refractivity contribution < 1.29 is 4.52 Å². The van der Waals surface area contributed by atoms with Gasteiger partial charge in [0.05, 0.1) is 12.2 Å². The summed E-state index contributed by atoms with van der Waals surface area (Å²) in [6.45, 7) is 4.90. The first-order valence-corrected chi connectivity index (χ1v) is 5.49. The summed E-state index contributed by atoms with van der Waals surface area (Å²) in [5.74, 6) is 0.724. The van der Waals surface area contributed by atoms with Gasteiger partial charge >= 0.3 is 0 Å². The Labute approximate surface area is 94.2 Å². The van der Waals surface area contributed by atoms with E-state index in [4.69, 9.17) is 10.3 Å². The van der Waals surface area contributed by atoms with Crippen molar-refractivity contribution in [3.63, 3.8) is 0 Å². The first-order chi connectivity index (χ1) is 7.74. The molecule has 2 heterocycles. The van der Waals surface area contributed by atoms with Crippen molar-refractivity contribution in [2.24, 2.45) is 5.73 Å². The highest BCUT2D eigenvalue weighted by atomic mass is 16.5. The summed E-state index contributed by atoms with van der Waals surface area (Å²) in [7, 11) is 0. The van der Waals surface area contributed by atoms with Gasteiger partial charge in [-0.25, -0.2) is 0 Å². The third kappa shape index (κ3) is 1.99. The minimum atomic E-state index is -0.0810. The summed E-state index contributed by atoms with van der Waals surface area (Å²) in [5.41, 5.74) is 7.61. The normalized spacial score (nSPS) is 12.9. The van der Waals surface area contributed by atoms with Gasteiger partial charge in [0.2, 0.25) is 0 Å². The highest BCUT2D eigenvalue weighted by molar-refractivity contribution is 5.56. The smallest absolute Gasteiger partial charge is 0.154 e. The van der Waals surface area contributed by atoms with Crippen LogP contribution in [0, 0.1) is 0 Å². The standard InChI is InChI=1S/C11H16N4O/c1-3-9(12)11-5-10(14-16-11)8-6-13-15(4-2)7-8/h5-7,9H,3-4,12H2,1-2H3. The zero-order valence-corrected chi connectivity index (χ0v) is 9.55. The van der Waals surface area contributed by atoms with Crippen molar-refractivity contribution in [2.75, 3.05) is 0 Å². The molecule has 16 heavy (non-hydrogen) atoms. The summed E-state index contributed by atoms with van der Waals surface area (Å²) in [6, 6.07) is 1.80. The topological polar surface area (TPSA) is 69.9 Å². The molecular weight excluding hydrogens is 204 g/mol. The third-order valence-electron chi connectivity index (χ3n) is 2.59. The molecule has 1 atom stereocenters. The second-order valence-electron chi connectivity index (χ2n) is 3.71. The van der Waals surface area contributed by atoms with E-state index >= 15 is 0 Å². The quantitative estimate of drug-likeness (QED) is 0.855. The molecule has 0 radical (unpaired) electrons. The van der Waals surface area contributed by atoms with Crippen molar-refractivity contribution in [1.29, 1.82) is 0 Å². The molecule has 0 bridgehead atoms. The van der Waals surface area contributed by atoms with Crippen LogP contribution in [0.1, 0.15) is 32.1 Å². The fourth-order valence-corrected chi connectivity index (χ4v) is 1.47. The molecule has 86 valence electrons. The molecule has 2 N–H and O–H groups in total. The Morgan fingerprint density at radius 1 is 1.50 bits per heavy atom. The highest BCUT2D eigenvalue weighted by Gasteiger charge is 2.12. The first-order valence-electron chi connectivity index (χ1n) is 5.49. The van der Waals surface area contributed by atoms with Gasteiger partial charge in [-0.1, -0.05) is 12.1 Å². The number of hydrogen-bond donors (Lipinski definition) is 1. The number of aromatic nitrogens is 3. The van der Waals surface area contributed by atoms with Crippen LogP contribution in [0.5, 0.6) is 0 Å². The Morgan fingerprint density at radius 3 is 2.94 bits per heavy atom. The average molecular weight is 220 g/mol. The minimum absolute atomic E-state index is 0.0810. The lowest BCUT2D eigenvalue weighted by atomic mass is 10.1. The van der Waals surface area contributed by atoms with Gasteiger partial charge < -0.3 is 10.3 Å². The van der Waals surface area contributed by atoms with Gasteiger partial charge in [-0.15, -0.1) is 0 Å². The van der Waals surface area contributed by atoms with Crippen LogP contribution < -0.4 is 5.73 Å². The minimum Gasteiger partial charge on any atom is -0.359 e. The van der Waals surface area contributed by atoms with Gasteiger partial charge in [-0.05, 0) is 13.3 Å². The van der Waals surface area contributed by atoms with E-state index in [-0.39, 0.29) is 6.04 Å². The van der Waals surface area contributed by atoms with Gasteiger partial charge in [0, 0.05) is 24.4 Å². The average Bonchev–Trinajstić information content (AvgIpc) is 2.95. The van der Waals surface area contributed by atoms with Crippen molar-refractivity contribution in [1.82, 2.24) is 14.9 Å². The third-order valence-corrected chi connectivity index (χ3v) is 2.59. The molecule has 5 nitrogen and oxygen atoms in total. The molecule has 0 fully saturated rings. The Morgan fingerprint density at radius 2 is 2.31 bits per heavy atom. The summed E-state index contributed by atoms with van der Waals surface area (Å²) in [5, 5.41) is 8.18. The summed E-state index contributed by atoms with van der Waals surface area (Å²) in [4.78, 5) is 0. The van der Waals surface area contributed by atoms with Crippen LogP contribution in [0.25, 0.3) is 11.3 Å². The zero-order chi connectivity index (χ0) is 11.5. The van der Waals surface area contributed by atoms with Crippen LogP contribution in [-0.4, -0.2) is 14.9 Å². The second kappa shape index (κ2) is 4.49. The zero-order valence-electron chi connectivity index (χ0n) is 9.55. The molecule has 2 aromatic rings. The number of hydrogen-bond acceptors (Lipinski definition) is 4. The van der Waals surface area contributed by atoms with Crippen LogP contribution in [-0.2, 0) is 6.54 Å². The van der Waals surface area contributed by atoms with Crippen LogP contribution in [0.4, 0.5) is 0 Å². The summed E-state index contributed by atoms with van der Waals surface area (Å²) in [6.07, 6.45) is 4.56. The fraction of sp³-hybridized carbons (Fsp3) is 0.455. The monoisotopic (exact) mass is 220 g/mol. The van der Waals surface area contributed by atoms with Gasteiger partial charge in [0.15, 0.2) is 5.76 Å². The lowest BCUT2D eigenvalue weighted by molar-refractivity contribution is 0.360. The van der Waals surface area contributed by atoms with E-state index < -0.39 is 0 Å². The molecular formula is C11H16N4O. The maximum atomic E-state index is 5.86. The summed E-state index contributed by atoms with van der Waals surface area (Å²) >= 11 is 0. The number of aryl methyl sites for hydroxylation is 1. The van der Waals surface area contributed by atoms with Gasteiger partial charge in [0.1, 0.15) is 5.69 Å². The molecule has 0 aliphatic rings. The molecule has 2 aromatic heterocycles. The maximum absolute atomic E-state index is 5.86. The highest BCUT2D eigenvalue weighted by Crippen LogP contribution is 2.22. The van der Waals surface area contributed by atoms with Crippen molar-refractivity contribution >= 4 is 0 Å². The molecule has 5 heteroatoms. The van der Waals surface area contributed by atoms with Gasteiger partial charge in [-0.3, -0.25) is 4.68 Å². The Bertz CT molecular complexity index is 460. The molecule has 0 aromatic carbocycles. The molecule has 0 saturated carbocycles. The number of nitrogens with zero attached hydrogens (tertiary/aromatic N) is 3. The number of nitrogens with two attached hydrogens (primary N) is 1. The Hall–Kier alpha value is -1.62. The van der Waals surface area contributed by atoms with Crippen LogP contribution in [0.3, 0.4) is 0 Å². The summed E-state index contributed by atoms with van der Waals surface area (Å²) < 4.78 is 7.05. The van der Waals surface area contributed by atoms with Crippen molar-refractivity contribution in [2.45, 2.75) is 32.9 Å². The largest absolute Gasteiger partial charge is 0.359 e. The maximum Gasteiger partial charge on any atom is 0.154 e. The van der Waals surface area contributed by atoms with Crippen molar-refractivity contribution in [3.8, 4) is 11.3 Å². The van der Waals surface area contributed by atoms with E-state index in [0.717, 1.165) is 30.0 Å². The molecule has 0 amide bonds. The molecule has 0 saturated heterocycles. The predicted molar refractivity (Wildman–Crippen MR) is 60.6 cm³/mol. The molecule has 0 spiro atoms. The molecule has 2 rings (SSSR count). The van der Waals surface area contributed by atoms with Crippen LogP contribution in [0.2, 0.25) is 0 Å². The van der Waals surface area contributed by atoms with Gasteiger partial charge in [-0.2, -0.15) is 5.10 Å². The van der Waals surface area contributed by atoms with E-state index in [1.165, 1.54) is 0 Å². The predicted octanol–water partition coefficient (Wildman–Crippen LogP) is 1.97. The van der Waals surface area contributed by atoms with E-state index in [1.54, 1.807) is 6.20 Å². The molecule has 0 aliphatic carbocycles. The fourth-order valence-electron chi connectivity index (χ4n) is 1.47. The number of rotatable bonds is 4. The van der Waals surface area contributed by atoms with Crippen LogP contribution >= 0.6 is 0 Å². The lowest BCUT2D eigenvalue weighted by Gasteiger charge is -2.00. The van der Waals surface area contributed by atoms with Gasteiger partial charge in [0.25, 0.3) is 0 Å². The van der Waals surface area contributed by atoms with Crippen molar-refractivity contribution in [3.05, 3.63) is 24.2 Å². The van der Waals surface area contributed by atoms with E-state index in [1.807, 2.05) is 30.8 Å². The van der Waals surface area contributed by atoms with E-state index in [0.29, 0.717) is 0 Å². The molecule has 0 aliphatic heterocycles. The SMILES string of the molecule is CCC(N)c1cc(-c2cnn(CC)c2)no1. The van der Waals surface area contributed by atoms with E-state index in [2.05, 4.69) is 10.3 Å². The van der Waals surface area contributed by atoms with E-state index in [9.17, 15) is 0 Å². The molecule has 1 unspecified atom stereocenters. The first kappa shape index (κ1) is 10.9.